The van der Waals surface area contributed by atoms with E-state index in [2.05, 4.69) is 10.3 Å². The second-order valence-electron chi connectivity index (χ2n) is 4.75. The zero-order valence-electron chi connectivity index (χ0n) is 11.9. The molecular weight excluding hydrogens is 274 g/mol. The van der Waals surface area contributed by atoms with Gasteiger partial charge < -0.3 is 20.1 Å². The number of aromatic nitrogens is 1. The SMILES string of the molecule is CCCNC(=O)C1COCCN1c1ncccc1C(=O)O. The molecule has 2 heterocycles. The minimum atomic E-state index is -1.06. The van der Waals surface area contributed by atoms with Crippen LogP contribution < -0.4 is 10.2 Å². The van der Waals surface area contributed by atoms with Crippen LogP contribution in [-0.4, -0.2) is 54.3 Å². The molecule has 0 saturated carbocycles. The molecule has 1 amide bonds. The van der Waals surface area contributed by atoms with E-state index in [-0.39, 0.29) is 18.1 Å². The van der Waals surface area contributed by atoms with E-state index in [4.69, 9.17) is 4.74 Å². The van der Waals surface area contributed by atoms with Crippen molar-refractivity contribution in [1.29, 1.82) is 0 Å². The van der Waals surface area contributed by atoms with Crippen LogP contribution in [0.25, 0.3) is 0 Å². The molecule has 1 saturated heterocycles. The summed E-state index contributed by atoms with van der Waals surface area (Å²) >= 11 is 0. The molecule has 2 rings (SSSR count). The van der Waals surface area contributed by atoms with E-state index >= 15 is 0 Å². The van der Waals surface area contributed by atoms with Gasteiger partial charge in [0.25, 0.3) is 0 Å². The molecule has 7 nitrogen and oxygen atoms in total. The fraction of sp³-hybridized carbons (Fsp3) is 0.500. The van der Waals surface area contributed by atoms with Crippen LogP contribution in [0.4, 0.5) is 5.82 Å². The van der Waals surface area contributed by atoms with Gasteiger partial charge in [0.2, 0.25) is 5.91 Å². The van der Waals surface area contributed by atoms with Crippen molar-refractivity contribution in [3.05, 3.63) is 23.9 Å². The normalized spacial score (nSPS) is 18.3. The molecule has 114 valence electrons. The Morgan fingerprint density at radius 1 is 1.57 bits per heavy atom. The maximum absolute atomic E-state index is 12.2. The molecule has 0 aliphatic carbocycles. The van der Waals surface area contributed by atoms with Crippen molar-refractivity contribution in [2.75, 3.05) is 31.2 Å². The van der Waals surface area contributed by atoms with E-state index < -0.39 is 12.0 Å². The van der Waals surface area contributed by atoms with E-state index in [1.54, 1.807) is 11.0 Å². The monoisotopic (exact) mass is 293 g/mol. The van der Waals surface area contributed by atoms with Gasteiger partial charge in [-0.1, -0.05) is 6.92 Å². The number of pyridine rings is 1. The standard InChI is InChI=1S/C14H19N3O4/c1-2-5-16-13(18)11-9-21-8-7-17(11)12-10(14(19)20)4-3-6-15-12/h3-4,6,11H,2,5,7-9H2,1H3,(H,16,18)(H,19,20). The van der Waals surface area contributed by atoms with Gasteiger partial charge in [0.05, 0.1) is 13.2 Å². The number of amides is 1. The molecule has 0 radical (unpaired) electrons. The molecule has 1 aromatic rings. The number of nitrogens with zero attached hydrogens (tertiary/aromatic N) is 2. The predicted octanol–water partition coefficient (Wildman–Crippen LogP) is 0.511. The van der Waals surface area contributed by atoms with Crippen molar-refractivity contribution >= 4 is 17.7 Å². The Labute approximate surface area is 122 Å². The van der Waals surface area contributed by atoms with Gasteiger partial charge in [-0.3, -0.25) is 4.79 Å². The summed E-state index contributed by atoms with van der Waals surface area (Å²) in [7, 11) is 0. The zero-order valence-corrected chi connectivity index (χ0v) is 11.9. The lowest BCUT2D eigenvalue weighted by Crippen LogP contribution is -2.54. The van der Waals surface area contributed by atoms with Crippen LogP contribution in [0.15, 0.2) is 18.3 Å². The quantitative estimate of drug-likeness (QED) is 0.822. The topological polar surface area (TPSA) is 91.8 Å². The van der Waals surface area contributed by atoms with E-state index in [0.717, 1.165) is 6.42 Å². The zero-order chi connectivity index (χ0) is 15.2. The number of carboxylic acids is 1. The second kappa shape index (κ2) is 7.03. The largest absolute Gasteiger partial charge is 0.478 e. The van der Waals surface area contributed by atoms with Crippen LogP contribution in [0.3, 0.4) is 0 Å². The minimum Gasteiger partial charge on any atom is -0.478 e. The highest BCUT2D eigenvalue weighted by Crippen LogP contribution is 2.22. The fourth-order valence-electron chi connectivity index (χ4n) is 2.23. The lowest BCUT2D eigenvalue weighted by atomic mass is 10.1. The molecule has 0 bridgehead atoms. The van der Waals surface area contributed by atoms with E-state index in [9.17, 15) is 14.7 Å². The molecule has 7 heteroatoms. The Balaban J connectivity index is 2.26. The molecule has 1 fully saturated rings. The van der Waals surface area contributed by atoms with Crippen LogP contribution >= 0.6 is 0 Å². The number of carboxylic acid groups (broad SMARTS) is 1. The molecule has 1 aliphatic rings. The lowest BCUT2D eigenvalue weighted by Gasteiger charge is -2.35. The van der Waals surface area contributed by atoms with Gasteiger partial charge in [-0.05, 0) is 18.6 Å². The van der Waals surface area contributed by atoms with E-state index in [1.165, 1.54) is 12.3 Å². The van der Waals surface area contributed by atoms with Crippen LogP contribution in [0.5, 0.6) is 0 Å². The van der Waals surface area contributed by atoms with Gasteiger partial charge in [0.15, 0.2) is 0 Å². The number of rotatable bonds is 5. The highest BCUT2D eigenvalue weighted by Gasteiger charge is 2.32. The molecule has 1 aliphatic heterocycles. The predicted molar refractivity (Wildman–Crippen MR) is 76.5 cm³/mol. The van der Waals surface area contributed by atoms with Gasteiger partial charge >= 0.3 is 5.97 Å². The number of morpholine rings is 1. The minimum absolute atomic E-state index is 0.0905. The number of hydrogen-bond acceptors (Lipinski definition) is 5. The Hall–Kier alpha value is -2.15. The van der Waals surface area contributed by atoms with Crippen LogP contribution in [0, 0.1) is 0 Å². The average Bonchev–Trinajstić information content (AvgIpc) is 2.52. The maximum atomic E-state index is 12.2. The number of hydrogen-bond donors (Lipinski definition) is 2. The Kier molecular flexibility index (Phi) is 5.10. The number of ether oxygens (including phenoxy) is 1. The Bertz CT molecular complexity index is 521. The summed E-state index contributed by atoms with van der Waals surface area (Å²) in [6, 6.07) is 2.50. The summed E-state index contributed by atoms with van der Waals surface area (Å²) in [4.78, 5) is 29.4. The molecule has 1 aromatic heterocycles. The van der Waals surface area contributed by atoms with Crippen molar-refractivity contribution in [2.45, 2.75) is 19.4 Å². The first-order chi connectivity index (χ1) is 10.1. The van der Waals surface area contributed by atoms with E-state index in [0.29, 0.717) is 25.5 Å². The third-order valence-electron chi connectivity index (χ3n) is 3.27. The number of carbonyl (C=O) groups is 2. The van der Waals surface area contributed by atoms with Crippen molar-refractivity contribution in [3.63, 3.8) is 0 Å². The van der Waals surface area contributed by atoms with Crippen LogP contribution in [-0.2, 0) is 9.53 Å². The second-order valence-corrected chi connectivity index (χ2v) is 4.75. The number of aromatic carboxylic acids is 1. The highest BCUT2D eigenvalue weighted by atomic mass is 16.5. The third-order valence-corrected chi connectivity index (χ3v) is 3.27. The number of carbonyl (C=O) groups excluding carboxylic acids is 1. The Morgan fingerprint density at radius 2 is 2.38 bits per heavy atom. The van der Waals surface area contributed by atoms with Crippen molar-refractivity contribution in [1.82, 2.24) is 10.3 Å². The molecule has 0 aromatic carbocycles. The summed E-state index contributed by atoms with van der Waals surface area (Å²) in [6.07, 6.45) is 2.36. The molecule has 0 spiro atoms. The van der Waals surface area contributed by atoms with Crippen molar-refractivity contribution in [2.24, 2.45) is 0 Å². The maximum Gasteiger partial charge on any atom is 0.339 e. The van der Waals surface area contributed by atoms with Gasteiger partial charge in [-0.25, -0.2) is 9.78 Å². The molecular formula is C14H19N3O4. The first-order valence-corrected chi connectivity index (χ1v) is 6.95. The molecule has 1 unspecified atom stereocenters. The molecule has 21 heavy (non-hydrogen) atoms. The summed E-state index contributed by atoms with van der Waals surface area (Å²) in [5, 5.41) is 12.1. The summed E-state index contributed by atoms with van der Waals surface area (Å²) < 4.78 is 5.36. The smallest absolute Gasteiger partial charge is 0.339 e. The molecule has 1 atom stereocenters. The summed E-state index contributed by atoms with van der Waals surface area (Å²) in [5.74, 6) is -0.916. The first-order valence-electron chi connectivity index (χ1n) is 6.95. The molecule has 2 N–H and O–H groups in total. The van der Waals surface area contributed by atoms with Gasteiger partial charge in [0.1, 0.15) is 17.4 Å². The first kappa shape index (κ1) is 15.2. The van der Waals surface area contributed by atoms with Gasteiger partial charge in [-0.15, -0.1) is 0 Å². The summed E-state index contributed by atoms with van der Waals surface area (Å²) in [5.41, 5.74) is 0.0905. The average molecular weight is 293 g/mol. The van der Waals surface area contributed by atoms with Crippen molar-refractivity contribution < 1.29 is 19.4 Å². The Morgan fingerprint density at radius 3 is 3.10 bits per heavy atom. The number of anilines is 1. The lowest BCUT2D eigenvalue weighted by molar-refractivity contribution is -0.124. The van der Waals surface area contributed by atoms with Gasteiger partial charge in [-0.2, -0.15) is 0 Å². The van der Waals surface area contributed by atoms with Crippen LogP contribution in [0.2, 0.25) is 0 Å². The summed E-state index contributed by atoms with van der Waals surface area (Å²) in [6.45, 7) is 3.65. The van der Waals surface area contributed by atoms with Gasteiger partial charge in [0, 0.05) is 19.3 Å². The van der Waals surface area contributed by atoms with Crippen LogP contribution in [0.1, 0.15) is 23.7 Å². The third kappa shape index (κ3) is 3.49. The number of nitrogens with one attached hydrogen (secondary N) is 1. The van der Waals surface area contributed by atoms with E-state index in [1.807, 2.05) is 6.92 Å². The highest BCUT2D eigenvalue weighted by molar-refractivity contribution is 5.95. The fourth-order valence-corrected chi connectivity index (χ4v) is 2.23. The van der Waals surface area contributed by atoms with Crippen molar-refractivity contribution in [3.8, 4) is 0 Å².